The molecule has 6 aliphatic rings. The van der Waals surface area contributed by atoms with Crippen LogP contribution in [0.4, 0.5) is 0 Å². The molecule has 11 nitrogen and oxygen atoms in total. The highest BCUT2D eigenvalue weighted by Gasteiger charge is 2.36. The van der Waals surface area contributed by atoms with E-state index in [4.69, 9.17) is 23.7 Å². The van der Waals surface area contributed by atoms with Crippen LogP contribution < -0.4 is 23.7 Å². The molecular formula is C70H75I3O11. The van der Waals surface area contributed by atoms with Gasteiger partial charge in [0.1, 0.15) is 46.1 Å². The molecule has 6 atom stereocenters. The zero-order chi connectivity index (χ0) is 60.3. The first-order valence-corrected chi connectivity index (χ1v) is 31.8. The van der Waals surface area contributed by atoms with E-state index in [1.807, 2.05) is 78.9 Å². The Kier molecular flexibility index (Phi) is 25.5. The Morgan fingerprint density at radius 3 is 1.45 bits per heavy atom. The second kappa shape index (κ2) is 32.6. The number of phenols is 1. The van der Waals surface area contributed by atoms with Crippen LogP contribution in [0, 0.1) is 28.5 Å². The van der Waals surface area contributed by atoms with E-state index in [9.17, 15) is 29.1 Å². The Hall–Kier alpha value is -5.86. The molecule has 6 aromatic rings. The van der Waals surface area contributed by atoms with Crippen molar-refractivity contribution in [2.75, 3.05) is 35.5 Å². The summed E-state index contributed by atoms with van der Waals surface area (Å²) in [6.45, 7) is 1.53. The Balaban J connectivity index is 0.000000147. The molecule has 442 valence electrons. The number of rotatable bonds is 8. The molecular weight excluding hydrogens is 1400 g/mol. The number of halogens is 3. The summed E-state index contributed by atoms with van der Waals surface area (Å²) in [5, 5.41) is 9.47. The van der Waals surface area contributed by atoms with Crippen molar-refractivity contribution in [1.82, 2.24) is 0 Å². The van der Waals surface area contributed by atoms with Crippen molar-refractivity contribution in [2.24, 2.45) is 17.8 Å². The summed E-state index contributed by atoms with van der Waals surface area (Å²) < 4.78 is 28.8. The van der Waals surface area contributed by atoms with Crippen LogP contribution in [0.25, 0.3) is 6.08 Å². The molecule has 0 spiro atoms. The van der Waals surface area contributed by atoms with Crippen LogP contribution in [0.5, 0.6) is 34.5 Å². The van der Waals surface area contributed by atoms with Gasteiger partial charge in [0.2, 0.25) is 0 Å². The lowest BCUT2D eigenvalue weighted by Crippen LogP contribution is -2.27. The van der Waals surface area contributed by atoms with Gasteiger partial charge in [-0.15, -0.1) is 0 Å². The third kappa shape index (κ3) is 18.6. The van der Waals surface area contributed by atoms with Gasteiger partial charge >= 0.3 is 0 Å². The number of aldehydes is 1. The number of benzene rings is 6. The minimum Gasteiger partial charge on any atom is -0.508 e. The fourth-order valence-electron chi connectivity index (χ4n) is 12.0. The van der Waals surface area contributed by atoms with Crippen molar-refractivity contribution >= 4 is 103 Å². The monoisotopic (exact) mass is 1470 g/mol. The fourth-order valence-corrected chi connectivity index (χ4v) is 13.8. The molecule has 2 saturated carbocycles. The number of phenolic OH excluding ortho intramolecular Hbond substituents is 1. The smallest absolute Gasteiger partial charge is 0.156 e. The van der Waals surface area contributed by atoms with Crippen LogP contribution in [0.3, 0.4) is 0 Å². The van der Waals surface area contributed by atoms with E-state index in [2.05, 4.69) is 98.1 Å². The summed E-state index contributed by atoms with van der Waals surface area (Å²) >= 11 is 6.56. The van der Waals surface area contributed by atoms with Crippen molar-refractivity contribution < 1.29 is 52.8 Å². The number of carbonyl (C=O) groups is 5. The van der Waals surface area contributed by atoms with Crippen molar-refractivity contribution in [2.45, 2.75) is 108 Å². The van der Waals surface area contributed by atoms with Gasteiger partial charge in [0.15, 0.2) is 17.9 Å². The van der Waals surface area contributed by atoms with Crippen molar-refractivity contribution in [3.63, 3.8) is 0 Å². The summed E-state index contributed by atoms with van der Waals surface area (Å²) in [7, 11) is 8.31. The summed E-state index contributed by atoms with van der Waals surface area (Å²) in [6, 6.07) is 37.2. The van der Waals surface area contributed by atoms with E-state index in [-0.39, 0.29) is 11.6 Å². The minimum absolute atomic E-state index is 0.0524. The van der Waals surface area contributed by atoms with Crippen LogP contribution in [0.1, 0.15) is 138 Å². The Labute approximate surface area is 536 Å². The number of hydrogen-bond acceptors (Lipinski definition) is 11. The predicted molar refractivity (Wildman–Crippen MR) is 356 cm³/mol. The van der Waals surface area contributed by atoms with Gasteiger partial charge in [-0.05, 0) is 298 Å². The normalized spacial score (nSPS) is 20.2. The van der Waals surface area contributed by atoms with Gasteiger partial charge in [-0.1, -0.05) is 42.5 Å². The summed E-state index contributed by atoms with van der Waals surface area (Å²) in [5.41, 5.74) is 9.77. The molecule has 0 aromatic heterocycles. The molecule has 1 N–H and O–H groups in total. The number of aryl methyl sites for hydroxylation is 3. The Morgan fingerprint density at radius 2 is 0.964 bits per heavy atom. The number of Topliss-reactive ketones (excluding diaryl/α,β-unsaturated/α-hetero) is 2. The average molecular weight is 1470 g/mol. The highest BCUT2D eigenvalue weighted by Crippen LogP contribution is 2.47. The third-order valence-electron chi connectivity index (χ3n) is 16.5. The Morgan fingerprint density at radius 1 is 0.512 bits per heavy atom. The molecule has 2 fully saturated rings. The Bertz CT molecular complexity index is 3330. The maximum Gasteiger partial charge on any atom is 0.156 e. The molecule has 0 saturated heterocycles. The van der Waals surface area contributed by atoms with E-state index in [1.54, 1.807) is 65.9 Å². The largest absolute Gasteiger partial charge is 0.508 e. The first-order valence-electron chi connectivity index (χ1n) is 28.5. The molecule has 14 heteroatoms. The highest BCUT2D eigenvalue weighted by atomic mass is 127. The number of aromatic hydroxyl groups is 1. The minimum atomic E-state index is 0.0524. The standard InChI is InChI=1S/C15H18O2.C15H16O2.C14H16O2.C11H11IO2.C8H7IO2.C7H7IO/c2*1-17-13-6-7-14-11(8-13)3-2-10-4-5-12(16)9-15(10)14;15-11-5-6-13-10(7-11)2-1-9-3-4-12(16)8-14(9)13;1-8(13)3-4-9-5-6-10(14-2)7-11(9)12;1-11-7-3-2-6(5-10)8(9)4-7;1-9-7-4-2-3-6(8)5-7/h6-8,10,15H,2-5,9H2,1H3;4-8,10,15H,2-3,9H2,1H3;5-7,9,14-15H,1-4,8H2;3-7H,1-2H3;2-5H,1H3;2-5H,1H3/b;;;4-3+;;/t10-,15-;10-,15?;9-,14-;;;/m000.../s1. The number of fused-ring (bicyclic) bond motifs is 9. The number of ether oxygens (including phenoxy) is 5. The van der Waals surface area contributed by atoms with Gasteiger partial charge in [-0.25, -0.2) is 0 Å². The van der Waals surface area contributed by atoms with Crippen LogP contribution in [-0.2, 0) is 38.4 Å². The number of hydrogen-bond donors (Lipinski definition) is 1. The van der Waals surface area contributed by atoms with Gasteiger partial charge in [0.05, 0.1) is 35.5 Å². The van der Waals surface area contributed by atoms with E-state index in [0.29, 0.717) is 65.3 Å². The first kappa shape index (κ1) is 65.7. The lowest BCUT2D eigenvalue weighted by molar-refractivity contribution is -0.122. The van der Waals surface area contributed by atoms with Crippen LogP contribution in [0.2, 0.25) is 0 Å². The van der Waals surface area contributed by atoms with Crippen molar-refractivity contribution in [1.29, 1.82) is 0 Å². The van der Waals surface area contributed by atoms with Gasteiger partial charge in [-0.2, -0.15) is 0 Å². The molecule has 0 amide bonds. The molecule has 0 aliphatic heterocycles. The van der Waals surface area contributed by atoms with Crippen molar-refractivity contribution in [3.8, 4) is 34.5 Å². The van der Waals surface area contributed by atoms with Crippen molar-refractivity contribution in [3.05, 3.63) is 189 Å². The predicted octanol–water partition coefficient (Wildman–Crippen LogP) is 16.1. The van der Waals surface area contributed by atoms with Gasteiger partial charge in [0.25, 0.3) is 0 Å². The van der Waals surface area contributed by atoms with E-state index < -0.39 is 0 Å². The van der Waals surface area contributed by atoms with Crippen LogP contribution >= 0.6 is 67.8 Å². The van der Waals surface area contributed by atoms with Gasteiger partial charge in [0, 0.05) is 48.4 Å². The van der Waals surface area contributed by atoms with Gasteiger partial charge < -0.3 is 28.8 Å². The summed E-state index contributed by atoms with van der Waals surface area (Å²) in [6.07, 6.45) is 20.8. The molecule has 6 aliphatic carbocycles. The van der Waals surface area contributed by atoms with E-state index in [0.717, 1.165) is 111 Å². The third-order valence-corrected chi connectivity index (χ3v) is 19.0. The molecule has 6 aromatic carbocycles. The number of methoxy groups -OCH3 is 5. The lowest BCUT2D eigenvalue weighted by atomic mass is 9.68. The second-order valence-electron chi connectivity index (χ2n) is 21.7. The molecule has 0 bridgehead atoms. The number of ketones is 4. The van der Waals surface area contributed by atoms with Crippen LogP contribution in [-0.4, -0.2) is 70.1 Å². The SMILES string of the molecule is COc1ccc(/C=C/C(C)=O)c(I)c1.COc1ccc(C=O)c(I)c1.COc1ccc2c(c1)CC[C@H]1C=CC(=O)CC21.COc1ccc2c(c1)CC[C@H]1CCC(=O)C[C@H]21.COc1cccc(I)c1.O=C1CC[C@@H]2CCc3cc(O)ccc3[C@H]2C1. The van der Waals surface area contributed by atoms with E-state index in [1.165, 1.54) is 56.7 Å². The van der Waals surface area contributed by atoms with E-state index >= 15 is 0 Å². The van der Waals surface area contributed by atoms with Gasteiger partial charge in [-0.3, -0.25) is 24.0 Å². The molecule has 12 rings (SSSR count). The quantitative estimate of drug-likeness (QED) is 0.0881. The average Bonchev–Trinajstić information content (AvgIpc) is 3.51. The number of carbonyl (C=O) groups excluding carboxylic acids is 5. The lowest BCUT2D eigenvalue weighted by Gasteiger charge is -2.36. The zero-order valence-corrected chi connectivity index (χ0v) is 55.1. The summed E-state index contributed by atoms with van der Waals surface area (Å²) in [4.78, 5) is 55.8. The molecule has 0 heterocycles. The van der Waals surface area contributed by atoms with Crippen LogP contribution in [0.15, 0.2) is 133 Å². The molecule has 0 radical (unpaired) electrons. The number of allylic oxidation sites excluding steroid dienone is 3. The highest BCUT2D eigenvalue weighted by molar-refractivity contribution is 14.1. The first-order chi connectivity index (χ1) is 40.5. The maximum absolute atomic E-state index is 11.6. The second-order valence-corrected chi connectivity index (χ2v) is 25.3. The molecule has 84 heavy (non-hydrogen) atoms. The molecule has 1 unspecified atom stereocenters. The maximum atomic E-state index is 11.6. The summed E-state index contributed by atoms with van der Waals surface area (Å²) in [5.74, 6) is 9.14. The topological polar surface area (TPSA) is 152 Å². The zero-order valence-electron chi connectivity index (χ0n) is 48.7. The fraction of sp³-hybridized carbons (Fsp3) is 0.357.